The van der Waals surface area contributed by atoms with Gasteiger partial charge in [0.15, 0.2) is 5.96 Å². The Labute approximate surface area is 166 Å². The Morgan fingerprint density at radius 3 is 2.33 bits per heavy atom. The summed E-state index contributed by atoms with van der Waals surface area (Å²) in [6, 6.07) is 0. The SMILES string of the molecule is CN=C(NCC1CCCOC1C(C)(C)C)N1CC(C)(C)C1(C)C.I. The Kier molecular flexibility index (Phi) is 7.04. The standard InChI is InChI=1S/C19H37N3O.HI/c1-17(2,3)15-14(10-9-11-23-15)12-21-16(20-8)22-13-18(4,5)19(22,6)7;/h14-15H,9-13H2,1-8H3,(H,20,21);1H. The smallest absolute Gasteiger partial charge is 0.194 e. The van der Waals surface area contributed by atoms with Gasteiger partial charge in [0.25, 0.3) is 0 Å². The Hall–Kier alpha value is -0.0400. The van der Waals surface area contributed by atoms with E-state index < -0.39 is 0 Å². The van der Waals surface area contributed by atoms with Gasteiger partial charge in [-0.15, -0.1) is 24.0 Å². The number of hydrogen-bond donors (Lipinski definition) is 1. The molecule has 5 heteroatoms. The van der Waals surface area contributed by atoms with Gasteiger partial charge in [-0.2, -0.15) is 0 Å². The molecule has 142 valence electrons. The summed E-state index contributed by atoms with van der Waals surface area (Å²) >= 11 is 0. The molecule has 0 aromatic rings. The molecule has 0 aromatic carbocycles. The highest BCUT2D eigenvalue weighted by molar-refractivity contribution is 14.0. The Balaban J connectivity index is 0.00000288. The zero-order chi connectivity index (χ0) is 17.5. The number of halogens is 1. The van der Waals surface area contributed by atoms with E-state index in [1.165, 1.54) is 12.8 Å². The molecule has 2 fully saturated rings. The first-order valence-corrected chi connectivity index (χ1v) is 9.10. The molecule has 2 heterocycles. The fraction of sp³-hybridized carbons (Fsp3) is 0.947. The second-order valence-corrected chi connectivity index (χ2v) is 9.52. The van der Waals surface area contributed by atoms with Gasteiger partial charge in [-0.05, 0) is 32.1 Å². The number of guanidine groups is 1. The van der Waals surface area contributed by atoms with Crippen molar-refractivity contribution < 1.29 is 4.74 Å². The summed E-state index contributed by atoms with van der Waals surface area (Å²) in [7, 11) is 1.89. The number of hydrogen-bond acceptors (Lipinski definition) is 2. The second kappa shape index (κ2) is 7.68. The van der Waals surface area contributed by atoms with Gasteiger partial charge < -0.3 is 15.0 Å². The molecule has 0 saturated carbocycles. The molecule has 0 aliphatic carbocycles. The highest BCUT2D eigenvalue weighted by atomic mass is 127. The van der Waals surface area contributed by atoms with E-state index >= 15 is 0 Å². The Morgan fingerprint density at radius 1 is 1.25 bits per heavy atom. The predicted molar refractivity (Wildman–Crippen MR) is 113 cm³/mol. The lowest BCUT2D eigenvalue weighted by Gasteiger charge is -2.62. The van der Waals surface area contributed by atoms with Gasteiger partial charge in [0, 0.05) is 43.6 Å². The van der Waals surface area contributed by atoms with Crippen molar-refractivity contribution in [2.75, 3.05) is 26.7 Å². The van der Waals surface area contributed by atoms with E-state index in [1.807, 2.05) is 7.05 Å². The molecule has 4 nitrogen and oxygen atoms in total. The van der Waals surface area contributed by atoms with Crippen molar-refractivity contribution in [3.63, 3.8) is 0 Å². The van der Waals surface area contributed by atoms with Crippen molar-refractivity contribution in [1.82, 2.24) is 10.2 Å². The lowest BCUT2D eigenvalue weighted by molar-refractivity contribution is -0.0856. The second-order valence-electron chi connectivity index (χ2n) is 9.52. The van der Waals surface area contributed by atoms with E-state index in [0.29, 0.717) is 17.4 Å². The Morgan fingerprint density at radius 2 is 1.88 bits per heavy atom. The van der Waals surface area contributed by atoms with Gasteiger partial charge in [-0.1, -0.05) is 34.6 Å². The van der Waals surface area contributed by atoms with Crippen LogP contribution < -0.4 is 5.32 Å². The lowest BCUT2D eigenvalue weighted by Crippen LogP contribution is -2.72. The molecule has 0 bridgehead atoms. The van der Waals surface area contributed by atoms with E-state index in [2.05, 4.69) is 63.7 Å². The summed E-state index contributed by atoms with van der Waals surface area (Å²) in [4.78, 5) is 6.94. The fourth-order valence-electron chi connectivity index (χ4n) is 3.93. The van der Waals surface area contributed by atoms with Crippen LogP contribution in [-0.4, -0.2) is 49.2 Å². The minimum Gasteiger partial charge on any atom is -0.377 e. The van der Waals surface area contributed by atoms with Crippen LogP contribution in [-0.2, 0) is 4.74 Å². The van der Waals surface area contributed by atoms with E-state index in [9.17, 15) is 0 Å². The third-order valence-electron chi connectivity index (χ3n) is 6.17. The van der Waals surface area contributed by atoms with Crippen molar-refractivity contribution in [3.8, 4) is 0 Å². The van der Waals surface area contributed by atoms with Crippen LogP contribution in [0.25, 0.3) is 0 Å². The summed E-state index contributed by atoms with van der Waals surface area (Å²) in [5.41, 5.74) is 0.655. The molecule has 1 N–H and O–H groups in total. The van der Waals surface area contributed by atoms with Gasteiger partial charge in [0.2, 0.25) is 0 Å². The zero-order valence-corrected chi connectivity index (χ0v) is 19.2. The molecular weight excluding hydrogens is 413 g/mol. The molecular formula is C19H38IN3O. The van der Waals surface area contributed by atoms with Crippen molar-refractivity contribution in [2.45, 2.75) is 73.0 Å². The minimum atomic E-state index is 0. The molecule has 2 rings (SSSR count). The van der Waals surface area contributed by atoms with Gasteiger partial charge in [0.1, 0.15) is 0 Å². The molecule has 2 saturated heterocycles. The van der Waals surface area contributed by atoms with Crippen LogP contribution in [0, 0.1) is 16.7 Å². The first-order chi connectivity index (χ1) is 10.5. The first kappa shape index (κ1) is 22.0. The third kappa shape index (κ3) is 4.19. The average Bonchev–Trinajstić information content (AvgIpc) is 2.46. The van der Waals surface area contributed by atoms with Crippen LogP contribution >= 0.6 is 24.0 Å². The van der Waals surface area contributed by atoms with Crippen LogP contribution in [0.5, 0.6) is 0 Å². The maximum atomic E-state index is 6.10. The number of ether oxygens (including phenoxy) is 1. The molecule has 2 atom stereocenters. The molecule has 2 unspecified atom stereocenters. The Bertz CT molecular complexity index is 454. The van der Waals surface area contributed by atoms with Crippen molar-refractivity contribution in [3.05, 3.63) is 0 Å². The summed E-state index contributed by atoms with van der Waals surface area (Å²) in [6.07, 6.45) is 2.73. The van der Waals surface area contributed by atoms with Crippen LogP contribution in [0.15, 0.2) is 4.99 Å². The number of aliphatic imine (C=N–C) groups is 1. The zero-order valence-electron chi connectivity index (χ0n) is 16.9. The minimum absolute atomic E-state index is 0. The van der Waals surface area contributed by atoms with Crippen LogP contribution in [0.1, 0.15) is 61.3 Å². The molecule has 0 radical (unpaired) electrons. The van der Waals surface area contributed by atoms with Gasteiger partial charge in [-0.3, -0.25) is 4.99 Å². The number of rotatable bonds is 2. The van der Waals surface area contributed by atoms with Crippen molar-refractivity contribution in [2.24, 2.45) is 21.7 Å². The normalized spacial score (nSPS) is 29.5. The number of nitrogens with zero attached hydrogens (tertiary/aromatic N) is 2. The van der Waals surface area contributed by atoms with Gasteiger partial charge in [-0.25, -0.2) is 0 Å². The lowest BCUT2D eigenvalue weighted by atomic mass is 9.65. The van der Waals surface area contributed by atoms with E-state index in [0.717, 1.165) is 25.7 Å². The summed E-state index contributed by atoms with van der Waals surface area (Å²) < 4.78 is 6.10. The first-order valence-electron chi connectivity index (χ1n) is 9.10. The highest BCUT2D eigenvalue weighted by Crippen LogP contribution is 2.46. The van der Waals surface area contributed by atoms with Crippen LogP contribution in [0.4, 0.5) is 0 Å². The van der Waals surface area contributed by atoms with Gasteiger partial charge >= 0.3 is 0 Å². The predicted octanol–water partition coefficient (Wildman–Crippen LogP) is 4.14. The topological polar surface area (TPSA) is 36.9 Å². The summed E-state index contributed by atoms with van der Waals surface area (Å²) in [5, 5.41) is 3.63. The maximum absolute atomic E-state index is 6.10. The highest BCUT2D eigenvalue weighted by Gasteiger charge is 2.53. The fourth-order valence-corrected chi connectivity index (χ4v) is 3.93. The molecule has 0 aromatic heterocycles. The summed E-state index contributed by atoms with van der Waals surface area (Å²) in [6.45, 7) is 19.0. The van der Waals surface area contributed by atoms with Crippen LogP contribution in [0.3, 0.4) is 0 Å². The molecule has 2 aliphatic rings. The largest absolute Gasteiger partial charge is 0.377 e. The van der Waals surface area contributed by atoms with E-state index in [-0.39, 0.29) is 34.9 Å². The average molecular weight is 451 g/mol. The molecule has 2 aliphatic heterocycles. The third-order valence-corrected chi connectivity index (χ3v) is 6.17. The number of likely N-dealkylation sites (tertiary alicyclic amines) is 1. The van der Waals surface area contributed by atoms with Gasteiger partial charge in [0.05, 0.1) is 6.10 Å². The van der Waals surface area contributed by atoms with Crippen molar-refractivity contribution >= 4 is 29.9 Å². The van der Waals surface area contributed by atoms with Crippen LogP contribution in [0.2, 0.25) is 0 Å². The monoisotopic (exact) mass is 451 g/mol. The van der Waals surface area contributed by atoms with Crippen molar-refractivity contribution in [1.29, 1.82) is 0 Å². The van der Waals surface area contributed by atoms with E-state index in [4.69, 9.17) is 4.74 Å². The quantitative estimate of drug-likeness (QED) is 0.390. The number of nitrogens with one attached hydrogen (secondary N) is 1. The van der Waals surface area contributed by atoms with E-state index in [1.54, 1.807) is 0 Å². The molecule has 24 heavy (non-hydrogen) atoms. The molecule has 0 amide bonds. The molecule has 0 spiro atoms. The maximum Gasteiger partial charge on any atom is 0.194 e. The summed E-state index contributed by atoms with van der Waals surface area (Å²) in [5.74, 6) is 1.59.